The molecule has 23 heavy (non-hydrogen) atoms. The van der Waals surface area contributed by atoms with Crippen molar-refractivity contribution in [2.75, 3.05) is 39.3 Å². The predicted molar refractivity (Wildman–Crippen MR) is 103 cm³/mol. The van der Waals surface area contributed by atoms with E-state index in [1.54, 1.807) is 0 Å². The molecule has 5 heteroatoms. The maximum Gasteiger partial charge on any atom is 0.0473 e. The lowest BCUT2D eigenvalue weighted by molar-refractivity contribution is 0.126. The molecular formula is C18H31Cl2N3. The highest BCUT2D eigenvalue weighted by Gasteiger charge is 2.26. The van der Waals surface area contributed by atoms with Crippen LogP contribution in [0.25, 0.3) is 0 Å². The van der Waals surface area contributed by atoms with E-state index in [-0.39, 0.29) is 24.8 Å². The second-order valence-electron chi connectivity index (χ2n) is 6.50. The molecule has 0 aromatic heterocycles. The van der Waals surface area contributed by atoms with Crippen LogP contribution in [-0.4, -0.2) is 44.2 Å². The highest BCUT2D eigenvalue weighted by atomic mass is 35.5. The van der Waals surface area contributed by atoms with E-state index in [1.807, 2.05) is 0 Å². The first-order chi connectivity index (χ1) is 10.4. The van der Waals surface area contributed by atoms with Crippen molar-refractivity contribution >= 4 is 24.8 Å². The molecule has 0 bridgehead atoms. The van der Waals surface area contributed by atoms with Crippen LogP contribution >= 0.6 is 24.8 Å². The Kier molecular flexibility index (Phi) is 9.48. The normalized spacial score (nSPS) is 22.9. The molecule has 3 rings (SSSR count). The molecule has 0 aliphatic carbocycles. The zero-order valence-electron chi connectivity index (χ0n) is 14.1. The summed E-state index contributed by atoms with van der Waals surface area (Å²) >= 11 is 0. The van der Waals surface area contributed by atoms with Crippen LogP contribution in [0, 0.1) is 5.92 Å². The molecule has 3 nitrogen and oxygen atoms in total. The van der Waals surface area contributed by atoms with Crippen molar-refractivity contribution in [2.24, 2.45) is 5.92 Å². The van der Waals surface area contributed by atoms with Crippen LogP contribution in [0.15, 0.2) is 24.3 Å². The molecule has 0 amide bonds. The van der Waals surface area contributed by atoms with Gasteiger partial charge in [0, 0.05) is 32.2 Å². The van der Waals surface area contributed by atoms with Gasteiger partial charge in [0.25, 0.3) is 0 Å². The monoisotopic (exact) mass is 359 g/mol. The van der Waals surface area contributed by atoms with Crippen molar-refractivity contribution in [3.8, 4) is 0 Å². The quantitative estimate of drug-likeness (QED) is 0.864. The summed E-state index contributed by atoms with van der Waals surface area (Å²) < 4.78 is 0. The highest BCUT2D eigenvalue weighted by molar-refractivity contribution is 5.85. The first-order valence-corrected chi connectivity index (χ1v) is 8.61. The van der Waals surface area contributed by atoms with Gasteiger partial charge in [-0.05, 0) is 49.4 Å². The van der Waals surface area contributed by atoms with Crippen molar-refractivity contribution in [1.29, 1.82) is 0 Å². The molecule has 0 spiro atoms. The van der Waals surface area contributed by atoms with Crippen LogP contribution in [0.2, 0.25) is 0 Å². The van der Waals surface area contributed by atoms with Crippen LogP contribution in [-0.2, 0) is 6.42 Å². The minimum absolute atomic E-state index is 0. The van der Waals surface area contributed by atoms with E-state index < -0.39 is 0 Å². The van der Waals surface area contributed by atoms with E-state index in [4.69, 9.17) is 0 Å². The lowest BCUT2D eigenvalue weighted by Gasteiger charge is -2.39. The maximum atomic E-state index is 3.58. The summed E-state index contributed by atoms with van der Waals surface area (Å²) in [6.45, 7) is 9.30. The van der Waals surface area contributed by atoms with Gasteiger partial charge in [-0.1, -0.05) is 31.2 Å². The summed E-state index contributed by atoms with van der Waals surface area (Å²) in [5, 5.41) is 7.05. The number of nitrogens with one attached hydrogen (secondary N) is 2. The third kappa shape index (κ3) is 5.61. The summed E-state index contributed by atoms with van der Waals surface area (Å²) in [7, 11) is 0. The van der Waals surface area contributed by atoms with E-state index in [0.29, 0.717) is 6.04 Å². The number of nitrogens with zero attached hydrogens (tertiary/aromatic N) is 1. The van der Waals surface area contributed by atoms with Gasteiger partial charge in [-0.25, -0.2) is 0 Å². The highest BCUT2D eigenvalue weighted by Crippen LogP contribution is 2.25. The summed E-state index contributed by atoms with van der Waals surface area (Å²) in [6.07, 6.45) is 3.80. The largest absolute Gasteiger partial charge is 0.317 e. The standard InChI is InChI=1S/C18H29N3.2ClH/c1-2-15-3-5-17(6-4-15)18-13-20-11-12-21(18)14-16-7-9-19-10-8-16;;/h3-6,16,18-20H,2,7-14H2,1H3;2*1H. The van der Waals surface area contributed by atoms with Gasteiger partial charge in [0.15, 0.2) is 0 Å². The summed E-state index contributed by atoms with van der Waals surface area (Å²) in [5.74, 6) is 0.877. The number of piperazine rings is 1. The minimum Gasteiger partial charge on any atom is -0.317 e. The van der Waals surface area contributed by atoms with Crippen LogP contribution in [0.4, 0.5) is 0 Å². The van der Waals surface area contributed by atoms with Gasteiger partial charge in [0.1, 0.15) is 0 Å². The van der Waals surface area contributed by atoms with Gasteiger partial charge in [-0.2, -0.15) is 0 Å². The van der Waals surface area contributed by atoms with Crippen molar-refractivity contribution in [3.63, 3.8) is 0 Å². The van der Waals surface area contributed by atoms with Gasteiger partial charge < -0.3 is 10.6 Å². The number of piperidine rings is 1. The fourth-order valence-corrected chi connectivity index (χ4v) is 3.66. The second kappa shape index (κ2) is 10.5. The number of hydrogen-bond donors (Lipinski definition) is 2. The van der Waals surface area contributed by atoms with Gasteiger partial charge in [0.05, 0.1) is 0 Å². The first kappa shape index (κ1) is 20.7. The topological polar surface area (TPSA) is 27.3 Å². The Morgan fingerprint density at radius 1 is 1.00 bits per heavy atom. The molecule has 0 saturated carbocycles. The first-order valence-electron chi connectivity index (χ1n) is 8.61. The molecule has 2 aliphatic rings. The summed E-state index contributed by atoms with van der Waals surface area (Å²) in [5.41, 5.74) is 2.92. The number of hydrogen-bond acceptors (Lipinski definition) is 3. The Morgan fingerprint density at radius 2 is 1.70 bits per heavy atom. The molecule has 2 saturated heterocycles. The molecule has 1 aromatic rings. The molecule has 2 fully saturated rings. The fourth-order valence-electron chi connectivity index (χ4n) is 3.66. The molecule has 1 aromatic carbocycles. The Balaban J connectivity index is 0.00000132. The van der Waals surface area contributed by atoms with E-state index >= 15 is 0 Å². The minimum atomic E-state index is 0. The summed E-state index contributed by atoms with van der Waals surface area (Å²) in [4.78, 5) is 2.72. The zero-order chi connectivity index (χ0) is 14.5. The van der Waals surface area contributed by atoms with Crippen LogP contribution in [0.5, 0.6) is 0 Å². The van der Waals surface area contributed by atoms with Crippen molar-refractivity contribution < 1.29 is 0 Å². The Morgan fingerprint density at radius 3 is 2.35 bits per heavy atom. The van der Waals surface area contributed by atoms with Gasteiger partial charge in [-0.3, -0.25) is 4.90 Å². The molecule has 2 heterocycles. The van der Waals surface area contributed by atoms with Crippen LogP contribution < -0.4 is 10.6 Å². The fraction of sp³-hybridized carbons (Fsp3) is 0.667. The van der Waals surface area contributed by atoms with Gasteiger partial charge in [0.2, 0.25) is 0 Å². The zero-order valence-corrected chi connectivity index (χ0v) is 15.7. The van der Waals surface area contributed by atoms with E-state index in [1.165, 1.54) is 50.1 Å². The Hall–Kier alpha value is -0.320. The third-order valence-electron chi connectivity index (χ3n) is 5.08. The number of aryl methyl sites for hydroxylation is 1. The van der Waals surface area contributed by atoms with E-state index in [9.17, 15) is 0 Å². The second-order valence-corrected chi connectivity index (χ2v) is 6.50. The smallest absolute Gasteiger partial charge is 0.0473 e. The average molecular weight is 360 g/mol. The van der Waals surface area contributed by atoms with E-state index in [0.717, 1.165) is 25.4 Å². The van der Waals surface area contributed by atoms with Crippen LogP contribution in [0.1, 0.15) is 36.9 Å². The lowest BCUT2D eigenvalue weighted by atomic mass is 9.94. The maximum absolute atomic E-state index is 3.58. The molecule has 2 N–H and O–H groups in total. The lowest BCUT2D eigenvalue weighted by Crippen LogP contribution is -2.48. The predicted octanol–water partition coefficient (Wildman–Crippen LogP) is 3.04. The summed E-state index contributed by atoms with van der Waals surface area (Å²) in [6, 6.07) is 9.83. The Labute approximate surface area is 153 Å². The Bertz CT molecular complexity index is 432. The number of rotatable bonds is 4. The molecule has 2 aliphatic heterocycles. The van der Waals surface area contributed by atoms with Crippen LogP contribution in [0.3, 0.4) is 0 Å². The molecular weight excluding hydrogens is 329 g/mol. The molecule has 0 radical (unpaired) electrons. The van der Waals surface area contributed by atoms with Gasteiger partial charge in [-0.15, -0.1) is 24.8 Å². The molecule has 1 atom stereocenters. The van der Waals surface area contributed by atoms with Gasteiger partial charge >= 0.3 is 0 Å². The van der Waals surface area contributed by atoms with Crippen molar-refractivity contribution in [2.45, 2.75) is 32.2 Å². The van der Waals surface area contributed by atoms with E-state index in [2.05, 4.69) is 46.7 Å². The number of halogens is 2. The SMILES string of the molecule is CCc1ccc(C2CNCCN2CC2CCNCC2)cc1.Cl.Cl. The average Bonchev–Trinajstić information content (AvgIpc) is 2.56. The van der Waals surface area contributed by atoms with Crippen molar-refractivity contribution in [1.82, 2.24) is 15.5 Å². The molecule has 132 valence electrons. The molecule has 1 unspecified atom stereocenters. The number of benzene rings is 1. The van der Waals surface area contributed by atoms with Crippen molar-refractivity contribution in [3.05, 3.63) is 35.4 Å². The third-order valence-corrected chi connectivity index (χ3v) is 5.08.